The lowest BCUT2D eigenvalue weighted by Gasteiger charge is -2.20. The van der Waals surface area contributed by atoms with Crippen LogP contribution in [0, 0.1) is 0 Å². The van der Waals surface area contributed by atoms with Crippen molar-refractivity contribution in [2.24, 2.45) is 0 Å². The summed E-state index contributed by atoms with van der Waals surface area (Å²) in [5.41, 5.74) is 3.47. The average Bonchev–Trinajstić information content (AvgIpc) is 3.48. The number of hydrogen-bond donors (Lipinski definition) is 2. The largest absolute Gasteiger partial charge is 0.497 e. The Morgan fingerprint density at radius 2 is 1.53 bits per heavy atom. The quantitative estimate of drug-likeness (QED) is 0.122. The molecule has 0 bridgehead atoms. The predicted molar refractivity (Wildman–Crippen MR) is 184 cm³/mol. The van der Waals surface area contributed by atoms with E-state index in [2.05, 4.69) is 16.8 Å². The average molecular weight is 673 g/mol. The van der Waals surface area contributed by atoms with E-state index in [-0.39, 0.29) is 17.9 Å². The van der Waals surface area contributed by atoms with Gasteiger partial charge in [0.05, 0.1) is 35.9 Å². The molecule has 10 heteroatoms. The molecule has 47 heavy (non-hydrogen) atoms. The van der Waals surface area contributed by atoms with Crippen LogP contribution in [0.3, 0.4) is 0 Å². The minimum absolute atomic E-state index is 0.138. The number of nitrogens with zero attached hydrogens (tertiary/aromatic N) is 2. The van der Waals surface area contributed by atoms with Crippen molar-refractivity contribution in [1.29, 1.82) is 0 Å². The Bertz CT molecular complexity index is 1820. The summed E-state index contributed by atoms with van der Waals surface area (Å²) in [6.45, 7) is 2.86. The Labute approximate surface area is 283 Å². The lowest BCUT2D eigenvalue weighted by molar-refractivity contribution is -0.121. The number of aromatic carboxylic acids is 1. The number of aromatic nitrogens is 2. The van der Waals surface area contributed by atoms with Crippen LogP contribution in [0.15, 0.2) is 97.2 Å². The van der Waals surface area contributed by atoms with Crippen LogP contribution in [0.25, 0.3) is 11.3 Å². The summed E-state index contributed by atoms with van der Waals surface area (Å²) in [6.07, 6.45) is 4.57. The Hall–Kier alpha value is -4.79. The molecule has 1 amide bonds. The van der Waals surface area contributed by atoms with Gasteiger partial charge in [0.1, 0.15) is 23.1 Å². The first-order valence-electron chi connectivity index (χ1n) is 15.3. The molecule has 0 unspecified atom stereocenters. The summed E-state index contributed by atoms with van der Waals surface area (Å²) in [7, 11) is 1.61. The van der Waals surface area contributed by atoms with E-state index in [0.717, 1.165) is 47.7 Å². The molecule has 0 aliphatic carbocycles. The van der Waals surface area contributed by atoms with Crippen molar-refractivity contribution < 1.29 is 24.2 Å². The zero-order valence-electron chi connectivity index (χ0n) is 26.1. The number of nitrogens with one attached hydrogen (secondary N) is 1. The maximum absolute atomic E-state index is 13.5. The molecular weight excluding hydrogens is 637 g/mol. The van der Waals surface area contributed by atoms with Crippen LogP contribution in [-0.4, -0.2) is 33.6 Å². The molecule has 0 spiro atoms. The van der Waals surface area contributed by atoms with Gasteiger partial charge in [-0.2, -0.15) is 0 Å². The minimum Gasteiger partial charge on any atom is -0.497 e. The highest BCUT2D eigenvalue weighted by molar-refractivity contribution is 6.36. The molecule has 8 nitrogen and oxygen atoms in total. The number of carboxylic acid groups (broad SMARTS) is 1. The summed E-state index contributed by atoms with van der Waals surface area (Å²) in [6, 6.07) is 26.1. The third-order valence-corrected chi connectivity index (χ3v) is 8.19. The first-order valence-corrected chi connectivity index (χ1v) is 16.0. The molecule has 0 aliphatic heterocycles. The number of carbonyl (C=O) groups excluding carboxylic acids is 1. The van der Waals surface area contributed by atoms with Crippen LogP contribution in [0.4, 0.5) is 0 Å². The van der Waals surface area contributed by atoms with Crippen molar-refractivity contribution in [3.05, 3.63) is 130 Å². The van der Waals surface area contributed by atoms with Crippen LogP contribution in [0.5, 0.6) is 17.2 Å². The van der Waals surface area contributed by atoms with Gasteiger partial charge in [-0.3, -0.25) is 4.79 Å². The van der Waals surface area contributed by atoms with E-state index in [1.165, 1.54) is 12.1 Å². The topological polar surface area (TPSA) is 103 Å². The number of amides is 1. The van der Waals surface area contributed by atoms with Crippen molar-refractivity contribution in [3.63, 3.8) is 0 Å². The third kappa shape index (κ3) is 8.93. The molecule has 5 aromatic rings. The first kappa shape index (κ1) is 33.6. The van der Waals surface area contributed by atoms with Crippen molar-refractivity contribution in [2.45, 2.75) is 45.2 Å². The molecule has 0 aliphatic rings. The minimum atomic E-state index is -0.995. The normalized spacial score (nSPS) is 11.6. The number of hydrogen-bond acceptors (Lipinski definition) is 5. The second-order valence-electron chi connectivity index (χ2n) is 11.1. The summed E-state index contributed by atoms with van der Waals surface area (Å²) < 4.78 is 13.3. The molecule has 1 aromatic heterocycles. The lowest BCUT2D eigenvalue weighted by Crippen LogP contribution is -2.33. The monoisotopic (exact) mass is 671 g/mol. The second-order valence-corrected chi connectivity index (χ2v) is 11.9. The van der Waals surface area contributed by atoms with E-state index in [1.54, 1.807) is 31.4 Å². The fourth-order valence-electron chi connectivity index (χ4n) is 5.15. The van der Waals surface area contributed by atoms with Crippen molar-refractivity contribution in [3.8, 4) is 28.5 Å². The maximum Gasteiger partial charge on any atom is 0.335 e. The van der Waals surface area contributed by atoms with Gasteiger partial charge in [-0.05, 0) is 90.7 Å². The van der Waals surface area contributed by atoms with Crippen LogP contribution in [-0.2, 0) is 24.2 Å². The molecule has 1 heterocycles. The number of carbonyl (C=O) groups is 2. The second kappa shape index (κ2) is 15.7. The summed E-state index contributed by atoms with van der Waals surface area (Å²) >= 11 is 12.7. The van der Waals surface area contributed by atoms with Gasteiger partial charge in [0.15, 0.2) is 0 Å². The molecule has 1 atom stereocenters. The van der Waals surface area contributed by atoms with E-state index in [9.17, 15) is 9.59 Å². The first-order chi connectivity index (χ1) is 22.7. The molecule has 0 fully saturated rings. The number of methoxy groups -OCH3 is 1. The molecule has 0 saturated carbocycles. The Morgan fingerprint density at radius 3 is 2.15 bits per heavy atom. The molecule has 4 aromatic carbocycles. The van der Waals surface area contributed by atoms with Gasteiger partial charge in [-0.25, -0.2) is 9.78 Å². The van der Waals surface area contributed by atoms with Crippen molar-refractivity contribution >= 4 is 35.1 Å². The standard InChI is InChI=1S/C37H35Cl2N3O5/c1-3-4-19-42-23-34(31-18-11-27(38)22-32(31)39)41-36(42)33(40-35(43)21-25-5-12-28(46-2)13-6-25)20-24-7-14-29(15-8-24)47-30-16-9-26(10-17-30)37(44)45/h5-18,22-23,33H,3-4,19-21H2,1-2H3,(H,40,43)(H,44,45)/t33-/m0/s1. The number of ether oxygens (including phenoxy) is 2. The van der Waals surface area contributed by atoms with Crippen LogP contribution >= 0.6 is 23.2 Å². The van der Waals surface area contributed by atoms with E-state index >= 15 is 0 Å². The number of halogens is 2. The molecule has 242 valence electrons. The smallest absolute Gasteiger partial charge is 0.335 e. The molecular formula is C37H35Cl2N3O5. The number of unbranched alkanes of at least 4 members (excludes halogenated alkanes) is 1. The third-order valence-electron chi connectivity index (χ3n) is 7.64. The highest BCUT2D eigenvalue weighted by atomic mass is 35.5. The number of carboxylic acids is 1. The Kier molecular flexibility index (Phi) is 11.2. The lowest BCUT2D eigenvalue weighted by atomic mass is 10.0. The molecule has 2 N–H and O–H groups in total. The summed E-state index contributed by atoms with van der Waals surface area (Å²) in [5, 5.41) is 13.4. The number of benzene rings is 4. The highest BCUT2D eigenvalue weighted by Crippen LogP contribution is 2.32. The zero-order valence-corrected chi connectivity index (χ0v) is 27.6. The van der Waals surface area contributed by atoms with Crippen LogP contribution in [0.2, 0.25) is 10.0 Å². The summed E-state index contributed by atoms with van der Waals surface area (Å²) in [4.78, 5) is 29.7. The van der Waals surface area contributed by atoms with Gasteiger partial charge in [-0.1, -0.05) is 60.8 Å². The van der Waals surface area contributed by atoms with E-state index in [1.807, 2.05) is 60.8 Å². The van der Waals surface area contributed by atoms with Gasteiger partial charge in [0.2, 0.25) is 5.91 Å². The Morgan fingerprint density at radius 1 is 0.894 bits per heavy atom. The molecule has 0 saturated heterocycles. The van der Waals surface area contributed by atoms with Gasteiger partial charge >= 0.3 is 5.97 Å². The number of rotatable bonds is 14. The predicted octanol–water partition coefficient (Wildman–Crippen LogP) is 8.80. The highest BCUT2D eigenvalue weighted by Gasteiger charge is 2.23. The fraction of sp³-hybridized carbons (Fsp3) is 0.216. The molecule has 5 rings (SSSR count). The van der Waals surface area contributed by atoms with Gasteiger partial charge in [0.25, 0.3) is 0 Å². The van der Waals surface area contributed by atoms with Gasteiger partial charge in [0, 0.05) is 23.3 Å². The SMILES string of the molecule is CCCCn1cc(-c2ccc(Cl)cc2Cl)nc1[C@H](Cc1ccc(Oc2ccc(C(=O)O)cc2)cc1)NC(=O)Cc1ccc(OC)cc1. The van der Waals surface area contributed by atoms with Crippen LogP contribution < -0.4 is 14.8 Å². The van der Waals surface area contributed by atoms with Crippen molar-refractivity contribution in [1.82, 2.24) is 14.9 Å². The Balaban J connectivity index is 1.43. The van der Waals surface area contributed by atoms with E-state index in [4.69, 9.17) is 42.8 Å². The van der Waals surface area contributed by atoms with E-state index in [0.29, 0.717) is 33.7 Å². The van der Waals surface area contributed by atoms with Crippen LogP contribution in [0.1, 0.15) is 53.1 Å². The van der Waals surface area contributed by atoms with E-state index < -0.39 is 12.0 Å². The number of imidazole rings is 1. The number of aryl methyl sites for hydroxylation is 1. The maximum atomic E-state index is 13.5. The molecule has 0 radical (unpaired) electrons. The summed E-state index contributed by atoms with van der Waals surface area (Å²) in [5.74, 6) is 1.44. The fourth-order valence-corrected chi connectivity index (χ4v) is 5.66. The van der Waals surface area contributed by atoms with Gasteiger partial charge in [-0.15, -0.1) is 0 Å². The van der Waals surface area contributed by atoms with Gasteiger partial charge < -0.3 is 24.5 Å². The van der Waals surface area contributed by atoms with Crippen molar-refractivity contribution in [2.75, 3.05) is 7.11 Å². The zero-order chi connectivity index (χ0) is 33.3.